The van der Waals surface area contributed by atoms with Crippen LogP contribution in [0.4, 0.5) is 0 Å². The third-order valence-corrected chi connectivity index (χ3v) is 3.43. The van der Waals surface area contributed by atoms with Gasteiger partial charge in [-0.15, -0.1) is 0 Å². The minimum absolute atomic E-state index is 0.192. The topological polar surface area (TPSA) is 89.8 Å². The van der Waals surface area contributed by atoms with Crippen LogP contribution in [0.1, 0.15) is 16.1 Å². The first-order chi connectivity index (χ1) is 11.6. The van der Waals surface area contributed by atoms with Gasteiger partial charge in [-0.1, -0.05) is 6.07 Å². The Bertz CT molecular complexity index is 904. The lowest BCUT2D eigenvalue weighted by Gasteiger charge is -2.06. The Kier molecular flexibility index (Phi) is 4.42. The third-order valence-electron chi connectivity index (χ3n) is 3.43. The van der Waals surface area contributed by atoms with Crippen molar-refractivity contribution in [1.82, 2.24) is 25.1 Å². The van der Waals surface area contributed by atoms with Gasteiger partial charge in [-0.05, 0) is 29.8 Å². The fourth-order valence-corrected chi connectivity index (χ4v) is 2.11. The van der Waals surface area contributed by atoms with Crippen LogP contribution in [0.5, 0.6) is 0 Å². The van der Waals surface area contributed by atoms with Crippen molar-refractivity contribution >= 4 is 5.91 Å². The van der Waals surface area contributed by atoms with Crippen molar-refractivity contribution in [1.29, 1.82) is 0 Å². The first-order valence-electron chi connectivity index (χ1n) is 7.31. The minimum atomic E-state index is -0.345. The molecule has 0 aliphatic heterocycles. The molecule has 0 aliphatic carbocycles. The maximum Gasteiger partial charge on any atom is 0.271 e. The summed E-state index contributed by atoms with van der Waals surface area (Å²) in [5.74, 6) is -0.345. The SMILES string of the molecule is Cn1nc(C(=O)NCc2ccc(-c3cccnc3)nc2)ccc1=O. The number of nitrogens with zero attached hydrogens (tertiary/aromatic N) is 4. The fraction of sp³-hybridized carbons (Fsp3) is 0.118. The highest BCUT2D eigenvalue weighted by molar-refractivity contribution is 5.91. The standard InChI is InChI=1S/C17H15N5O2/c1-22-16(23)7-6-15(21-22)17(24)20-10-12-4-5-14(19-9-12)13-3-2-8-18-11-13/h2-9,11H,10H2,1H3,(H,20,24). The van der Waals surface area contributed by atoms with Crippen LogP contribution in [-0.4, -0.2) is 25.7 Å². The molecule has 7 nitrogen and oxygen atoms in total. The zero-order valence-corrected chi connectivity index (χ0v) is 13.0. The predicted octanol–water partition coefficient (Wildman–Crippen LogP) is 1.17. The summed E-state index contributed by atoms with van der Waals surface area (Å²) >= 11 is 0. The number of nitrogens with one attached hydrogen (secondary N) is 1. The second-order valence-corrected chi connectivity index (χ2v) is 5.16. The highest BCUT2D eigenvalue weighted by atomic mass is 16.2. The van der Waals surface area contributed by atoms with Crippen LogP contribution in [0.15, 0.2) is 59.8 Å². The third kappa shape index (κ3) is 3.52. The van der Waals surface area contributed by atoms with Gasteiger partial charge in [0.2, 0.25) is 0 Å². The van der Waals surface area contributed by atoms with E-state index in [1.165, 1.54) is 19.2 Å². The van der Waals surface area contributed by atoms with E-state index >= 15 is 0 Å². The maximum absolute atomic E-state index is 12.1. The van der Waals surface area contributed by atoms with Crippen LogP contribution in [-0.2, 0) is 13.6 Å². The van der Waals surface area contributed by atoms with Crippen LogP contribution in [0.2, 0.25) is 0 Å². The van der Waals surface area contributed by atoms with Crippen molar-refractivity contribution in [2.45, 2.75) is 6.54 Å². The van der Waals surface area contributed by atoms with Crippen LogP contribution in [0.25, 0.3) is 11.3 Å². The molecule has 7 heteroatoms. The molecule has 0 aromatic carbocycles. The van der Waals surface area contributed by atoms with Gasteiger partial charge >= 0.3 is 0 Å². The average molecular weight is 321 g/mol. The summed E-state index contributed by atoms with van der Waals surface area (Å²) in [6.07, 6.45) is 5.16. The zero-order valence-electron chi connectivity index (χ0n) is 13.0. The lowest BCUT2D eigenvalue weighted by atomic mass is 10.1. The lowest BCUT2D eigenvalue weighted by Crippen LogP contribution is -2.28. The van der Waals surface area contributed by atoms with Gasteiger partial charge in [0.1, 0.15) is 5.69 Å². The van der Waals surface area contributed by atoms with Gasteiger partial charge in [-0.25, -0.2) is 4.68 Å². The predicted molar refractivity (Wildman–Crippen MR) is 88.1 cm³/mol. The highest BCUT2D eigenvalue weighted by Crippen LogP contribution is 2.15. The monoisotopic (exact) mass is 321 g/mol. The van der Waals surface area contributed by atoms with E-state index in [-0.39, 0.29) is 17.2 Å². The Labute approximate surface area is 138 Å². The summed E-state index contributed by atoms with van der Waals surface area (Å²) in [5, 5.41) is 6.66. The molecule has 0 unspecified atom stereocenters. The highest BCUT2D eigenvalue weighted by Gasteiger charge is 2.08. The quantitative estimate of drug-likeness (QED) is 0.779. The normalized spacial score (nSPS) is 10.4. The summed E-state index contributed by atoms with van der Waals surface area (Å²) < 4.78 is 1.12. The summed E-state index contributed by atoms with van der Waals surface area (Å²) in [7, 11) is 1.50. The number of pyridine rings is 2. The van der Waals surface area contributed by atoms with E-state index in [2.05, 4.69) is 20.4 Å². The van der Waals surface area contributed by atoms with Crippen molar-refractivity contribution < 1.29 is 4.79 Å². The van der Waals surface area contributed by atoms with Gasteiger partial charge in [0.15, 0.2) is 0 Å². The van der Waals surface area contributed by atoms with E-state index in [1.807, 2.05) is 24.3 Å². The Morgan fingerprint density at radius 3 is 2.71 bits per heavy atom. The van der Waals surface area contributed by atoms with E-state index < -0.39 is 0 Å². The summed E-state index contributed by atoms with van der Waals surface area (Å²) in [5.41, 5.74) is 2.54. The summed E-state index contributed by atoms with van der Waals surface area (Å²) in [6.45, 7) is 0.323. The van der Waals surface area contributed by atoms with Crippen LogP contribution in [0.3, 0.4) is 0 Å². The summed E-state index contributed by atoms with van der Waals surface area (Å²) in [4.78, 5) is 31.8. The molecular weight excluding hydrogens is 306 g/mol. The number of hydrogen-bond donors (Lipinski definition) is 1. The largest absolute Gasteiger partial charge is 0.347 e. The number of aromatic nitrogens is 4. The van der Waals surface area contributed by atoms with E-state index in [4.69, 9.17) is 0 Å². The Hall–Kier alpha value is -3.35. The smallest absolute Gasteiger partial charge is 0.271 e. The molecule has 0 bridgehead atoms. The van der Waals surface area contributed by atoms with Crippen LogP contribution >= 0.6 is 0 Å². The second-order valence-electron chi connectivity index (χ2n) is 5.16. The zero-order chi connectivity index (χ0) is 16.9. The minimum Gasteiger partial charge on any atom is -0.347 e. The van der Waals surface area contributed by atoms with Crippen molar-refractivity contribution in [3.63, 3.8) is 0 Å². The molecule has 0 saturated carbocycles. The van der Waals surface area contributed by atoms with E-state index in [9.17, 15) is 9.59 Å². The molecule has 0 fully saturated rings. The molecule has 0 aliphatic rings. The Morgan fingerprint density at radius 2 is 2.04 bits per heavy atom. The average Bonchev–Trinajstić information content (AvgIpc) is 2.63. The second kappa shape index (κ2) is 6.82. The van der Waals surface area contributed by atoms with Gasteiger partial charge in [0.05, 0.1) is 5.69 Å². The molecule has 3 rings (SSSR count). The van der Waals surface area contributed by atoms with Crippen LogP contribution in [0, 0.1) is 0 Å². The molecule has 3 aromatic heterocycles. The number of carbonyl (C=O) groups excluding carboxylic acids is 1. The molecular formula is C17H15N5O2. The molecule has 120 valence electrons. The number of rotatable bonds is 4. The molecule has 0 saturated heterocycles. The van der Waals surface area contributed by atoms with Gasteiger partial charge in [-0.2, -0.15) is 5.10 Å². The van der Waals surface area contributed by atoms with Crippen molar-refractivity contribution in [2.75, 3.05) is 0 Å². The molecule has 0 atom stereocenters. The molecule has 1 N–H and O–H groups in total. The van der Waals surface area contributed by atoms with Crippen LogP contribution < -0.4 is 10.9 Å². The number of hydrogen-bond acceptors (Lipinski definition) is 5. The lowest BCUT2D eigenvalue weighted by molar-refractivity contribution is 0.0943. The molecule has 24 heavy (non-hydrogen) atoms. The first kappa shape index (κ1) is 15.5. The number of carbonyl (C=O) groups is 1. The van der Waals surface area contributed by atoms with E-state index in [0.29, 0.717) is 6.54 Å². The molecule has 1 amide bonds. The fourth-order valence-electron chi connectivity index (χ4n) is 2.11. The molecule has 3 aromatic rings. The van der Waals surface area contributed by atoms with Gasteiger partial charge in [-0.3, -0.25) is 19.6 Å². The molecule has 3 heterocycles. The first-order valence-corrected chi connectivity index (χ1v) is 7.31. The van der Waals surface area contributed by atoms with E-state index in [1.54, 1.807) is 18.6 Å². The van der Waals surface area contributed by atoms with Crippen molar-refractivity contribution in [3.05, 3.63) is 76.6 Å². The molecule has 0 radical (unpaired) electrons. The van der Waals surface area contributed by atoms with Gasteiger partial charge in [0, 0.05) is 43.8 Å². The maximum atomic E-state index is 12.1. The molecule has 0 spiro atoms. The van der Waals surface area contributed by atoms with Crippen molar-refractivity contribution in [2.24, 2.45) is 7.05 Å². The van der Waals surface area contributed by atoms with Gasteiger partial charge < -0.3 is 5.32 Å². The summed E-state index contributed by atoms with van der Waals surface area (Å²) in [6, 6.07) is 10.3. The Morgan fingerprint density at radius 1 is 1.17 bits per heavy atom. The number of amides is 1. The van der Waals surface area contributed by atoms with E-state index in [0.717, 1.165) is 21.5 Å². The van der Waals surface area contributed by atoms with Crippen molar-refractivity contribution in [3.8, 4) is 11.3 Å². The number of aryl methyl sites for hydroxylation is 1. The Balaban J connectivity index is 1.65. The van der Waals surface area contributed by atoms with Gasteiger partial charge in [0.25, 0.3) is 11.5 Å².